The highest BCUT2D eigenvalue weighted by molar-refractivity contribution is 5.07. The summed E-state index contributed by atoms with van der Waals surface area (Å²) < 4.78 is 5.36. The largest absolute Gasteiger partial charge is 0.339 e. The van der Waals surface area contributed by atoms with Gasteiger partial charge >= 0.3 is 0 Å². The molecule has 4 rings (SSSR count). The van der Waals surface area contributed by atoms with Gasteiger partial charge in [0.1, 0.15) is 0 Å². The number of hydrogen-bond donors (Lipinski definition) is 1. The third-order valence-corrected chi connectivity index (χ3v) is 5.26. The SMILES string of the molecule is CC1(C)C2CNCC2CN1Cc1noc(C2CC2)n1. The summed E-state index contributed by atoms with van der Waals surface area (Å²) in [5.74, 6) is 3.81. The topological polar surface area (TPSA) is 54.2 Å². The zero-order valence-electron chi connectivity index (χ0n) is 11.7. The lowest BCUT2D eigenvalue weighted by molar-refractivity contribution is 0.127. The molecule has 2 unspecified atom stereocenters. The molecule has 0 amide bonds. The number of likely N-dealkylation sites (tertiary alicyclic amines) is 1. The van der Waals surface area contributed by atoms with Gasteiger partial charge in [-0.15, -0.1) is 0 Å². The second kappa shape index (κ2) is 4.03. The molecule has 3 aliphatic rings. The Balaban J connectivity index is 1.49. The number of nitrogens with one attached hydrogen (secondary N) is 1. The van der Waals surface area contributed by atoms with Gasteiger partial charge in [-0.05, 0) is 45.1 Å². The van der Waals surface area contributed by atoms with Gasteiger partial charge in [-0.3, -0.25) is 4.90 Å². The van der Waals surface area contributed by atoms with Crippen molar-refractivity contribution in [2.75, 3.05) is 19.6 Å². The summed E-state index contributed by atoms with van der Waals surface area (Å²) in [5.41, 5.74) is 0.231. The molecule has 2 atom stereocenters. The first-order valence-corrected chi connectivity index (χ1v) is 7.43. The maximum absolute atomic E-state index is 5.36. The van der Waals surface area contributed by atoms with Crippen LogP contribution in [0.15, 0.2) is 4.52 Å². The third-order valence-electron chi connectivity index (χ3n) is 5.26. The molecule has 1 aromatic heterocycles. The zero-order chi connectivity index (χ0) is 13.0. The van der Waals surface area contributed by atoms with Crippen LogP contribution in [0, 0.1) is 11.8 Å². The lowest BCUT2D eigenvalue weighted by Gasteiger charge is -2.34. The van der Waals surface area contributed by atoms with E-state index in [1.807, 2.05) is 0 Å². The van der Waals surface area contributed by atoms with E-state index in [0.717, 1.165) is 49.7 Å². The number of nitrogens with zero attached hydrogens (tertiary/aromatic N) is 3. The Morgan fingerprint density at radius 1 is 1.37 bits per heavy atom. The Labute approximate surface area is 113 Å². The van der Waals surface area contributed by atoms with E-state index in [0.29, 0.717) is 5.92 Å². The Kier molecular flexibility index (Phi) is 2.51. The van der Waals surface area contributed by atoms with Crippen LogP contribution in [0.1, 0.15) is 44.3 Å². The van der Waals surface area contributed by atoms with Gasteiger partial charge in [0.15, 0.2) is 5.82 Å². The minimum absolute atomic E-state index is 0.231. The van der Waals surface area contributed by atoms with Gasteiger partial charge in [0.05, 0.1) is 6.54 Å². The average molecular weight is 262 g/mol. The molecule has 1 aromatic rings. The molecule has 3 fully saturated rings. The molecule has 2 saturated heterocycles. The normalized spacial score (nSPS) is 33.8. The second-order valence-corrected chi connectivity index (χ2v) is 6.88. The van der Waals surface area contributed by atoms with Crippen LogP contribution in [-0.2, 0) is 6.54 Å². The maximum Gasteiger partial charge on any atom is 0.229 e. The Hall–Kier alpha value is -0.940. The molecule has 1 aliphatic carbocycles. The summed E-state index contributed by atoms with van der Waals surface area (Å²) >= 11 is 0. The maximum atomic E-state index is 5.36. The fraction of sp³-hybridized carbons (Fsp3) is 0.857. The predicted octanol–water partition coefficient (Wildman–Crippen LogP) is 1.38. The molecular formula is C14H22N4O. The Morgan fingerprint density at radius 3 is 2.95 bits per heavy atom. The summed E-state index contributed by atoms with van der Waals surface area (Å²) in [4.78, 5) is 7.09. The van der Waals surface area contributed by atoms with E-state index in [1.165, 1.54) is 12.8 Å². The van der Waals surface area contributed by atoms with Crippen molar-refractivity contribution in [3.8, 4) is 0 Å². The van der Waals surface area contributed by atoms with Crippen LogP contribution in [-0.4, -0.2) is 40.2 Å². The van der Waals surface area contributed by atoms with E-state index in [1.54, 1.807) is 0 Å². The van der Waals surface area contributed by atoms with Gasteiger partial charge in [0, 0.05) is 24.5 Å². The van der Waals surface area contributed by atoms with Crippen LogP contribution in [0.3, 0.4) is 0 Å². The average Bonchev–Trinajstić information content (AvgIpc) is 2.85. The van der Waals surface area contributed by atoms with Gasteiger partial charge in [0.25, 0.3) is 0 Å². The highest BCUT2D eigenvalue weighted by Crippen LogP contribution is 2.42. The summed E-state index contributed by atoms with van der Waals surface area (Å²) in [6.45, 7) is 8.99. The van der Waals surface area contributed by atoms with E-state index in [9.17, 15) is 0 Å². The van der Waals surface area contributed by atoms with Crippen molar-refractivity contribution in [3.63, 3.8) is 0 Å². The van der Waals surface area contributed by atoms with Gasteiger partial charge < -0.3 is 9.84 Å². The number of hydrogen-bond acceptors (Lipinski definition) is 5. The third kappa shape index (κ3) is 1.91. The van der Waals surface area contributed by atoms with Crippen molar-refractivity contribution in [2.24, 2.45) is 11.8 Å². The minimum Gasteiger partial charge on any atom is -0.339 e. The van der Waals surface area contributed by atoms with E-state index in [2.05, 4.69) is 34.2 Å². The highest BCUT2D eigenvalue weighted by atomic mass is 16.5. The summed E-state index contributed by atoms with van der Waals surface area (Å²) in [6.07, 6.45) is 2.43. The van der Waals surface area contributed by atoms with Crippen molar-refractivity contribution < 1.29 is 4.52 Å². The van der Waals surface area contributed by atoms with Gasteiger partial charge in [-0.2, -0.15) is 4.98 Å². The molecule has 0 spiro atoms. The van der Waals surface area contributed by atoms with Crippen molar-refractivity contribution in [1.29, 1.82) is 0 Å². The Bertz CT molecular complexity index is 480. The molecule has 3 heterocycles. The summed E-state index contributed by atoms with van der Waals surface area (Å²) in [7, 11) is 0. The predicted molar refractivity (Wildman–Crippen MR) is 70.6 cm³/mol. The highest BCUT2D eigenvalue weighted by Gasteiger charge is 2.49. The molecule has 5 heteroatoms. The smallest absolute Gasteiger partial charge is 0.229 e. The lowest BCUT2D eigenvalue weighted by atomic mass is 9.85. The molecule has 0 aromatic carbocycles. The minimum atomic E-state index is 0.231. The quantitative estimate of drug-likeness (QED) is 0.892. The van der Waals surface area contributed by atoms with Crippen molar-refractivity contribution in [1.82, 2.24) is 20.4 Å². The van der Waals surface area contributed by atoms with E-state index in [-0.39, 0.29) is 5.54 Å². The molecule has 2 aliphatic heterocycles. The van der Waals surface area contributed by atoms with Gasteiger partial charge in [-0.25, -0.2) is 0 Å². The first kappa shape index (κ1) is 11.9. The molecule has 1 N–H and O–H groups in total. The van der Waals surface area contributed by atoms with Crippen LogP contribution in [0.2, 0.25) is 0 Å². The van der Waals surface area contributed by atoms with E-state index in [4.69, 9.17) is 4.52 Å². The van der Waals surface area contributed by atoms with Crippen molar-refractivity contribution >= 4 is 0 Å². The Morgan fingerprint density at radius 2 is 2.21 bits per heavy atom. The lowest BCUT2D eigenvalue weighted by Crippen LogP contribution is -2.44. The molecule has 19 heavy (non-hydrogen) atoms. The first-order chi connectivity index (χ1) is 9.14. The monoisotopic (exact) mass is 262 g/mol. The zero-order valence-corrected chi connectivity index (χ0v) is 11.7. The van der Waals surface area contributed by atoms with E-state index >= 15 is 0 Å². The fourth-order valence-electron chi connectivity index (χ4n) is 3.77. The standard InChI is InChI=1S/C14H22N4O/c1-14(2)11-6-15-5-10(11)7-18(14)8-12-16-13(19-17-12)9-3-4-9/h9-11,15H,3-8H2,1-2H3. The van der Waals surface area contributed by atoms with E-state index < -0.39 is 0 Å². The van der Waals surface area contributed by atoms with Crippen molar-refractivity contribution in [3.05, 3.63) is 11.7 Å². The van der Waals surface area contributed by atoms with Crippen LogP contribution in [0.4, 0.5) is 0 Å². The molecule has 104 valence electrons. The molecule has 1 saturated carbocycles. The number of rotatable bonds is 3. The van der Waals surface area contributed by atoms with Crippen molar-refractivity contribution in [2.45, 2.75) is 44.7 Å². The molecule has 0 bridgehead atoms. The first-order valence-electron chi connectivity index (χ1n) is 7.43. The summed E-state index contributed by atoms with van der Waals surface area (Å²) in [6, 6.07) is 0. The van der Waals surface area contributed by atoms with Gasteiger partial charge in [-0.1, -0.05) is 5.16 Å². The molecule has 0 radical (unpaired) electrons. The molecular weight excluding hydrogens is 240 g/mol. The second-order valence-electron chi connectivity index (χ2n) is 6.88. The molecule has 5 nitrogen and oxygen atoms in total. The van der Waals surface area contributed by atoms with Crippen LogP contribution in [0.25, 0.3) is 0 Å². The van der Waals surface area contributed by atoms with Crippen LogP contribution in [0.5, 0.6) is 0 Å². The number of fused-ring (bicyclic) bond motifs is 1. The van der Waals surface area contributed by atoms with Gasteiger partial charge in [0.2, 0.25) is 5.89 Å². The van der Waals surface area contributed by atoms with Crippen LogP contribution >= 0.6 is 0 Å². The van der Waals surface area contributed by atoms with Crippen LogP contribution < -0.4 is 5.32 Å². The number of aromatic nitrogens is 2. The fourth-order valence-corrected chi connectivity index (χ4v) is 3.77. The summed E-state index contributed by atoms with van der Waals surface area (Å²) in [5, 5.41) is 7.67.